The summed E-state index contributed by atoms with van der Waals surface area (Å²) in [7, 11) is 1.36. The number of esters is 2. The zero-order chi connectivity index (χ0) is 25.7. The first-order valence-electron chi connectivity index (χ1n) is 10.4. The van der Waals surface area contributed by atoms with E-state index in [4.69, 9.17) is 24.2 Å². The lowest BCUT2D eigenvalue weighted by atomic mass is 9.90. The van der Waals surface area contributed by atoms with E-state index in [1.807, 2.05) is 0 Å². The Morgan fingerprint density at radius 3 is 2.43 bits per heavy atom. The Morgan fingerprint density at radius 2 is 1.86 bits per heavy atom. The summed E-state index contributed by atoms with van der Waals surface area (Å²) >= 11 is 0. The fourth-order valence-corrected chi connectivity index (χ4v) is 3.87. The van der Waals surface area contributed by atoms with Crippen molar-refractivity contribution in [2.24, 2.45) is 5.16 Å². The molecule has 0 radical (unpaired) electrons. The van der Waals surface area contributed by atoms with E-state index >= 15 is 0 Å². The van der Waals surface area contributed by atoms with E-state index in [0.717, 1.165) is 12.1 Å². The minimum absolute atomic E-state index is 0.00396. The molecule has 0 spiro atoms. The molecule has 14 heteroatoms. The van der Waals surface area contributed by atoms with Crippen molar-refractivity contribution >= 4 is 18.2 Å². The normalized spacial score (nSPS) is 24.5. The maximum Gasteiger partial charge on any atom is 0.303 e. The number of rotatable bonds is 8. The van der Waals surface area contributed by atoms with Crippen LogP contribution >= 0.6 is 0 Å². The predicted molar refractivity (Wildman–Crippen MR) is 111 cm³/mol. The van der Waals surface area contributed by atoms with Crippen LogP contribution in [-0.2, 0) is 28.5 Å². The number of hydrogen-bond acceptors (Lipinski definition) is 10. The summed E-state index contributed by atoms with van der Waals surface area (Å²) in [6.45, 7) is 2.08. The zero-order valence-corrected chi connectivity index (χ0v) is 18.9. The highest BCUT2D eigenvalue weighted by Crippen LogP contribution is 2.36. The topological polar surface area (TPSA) is 134 Å². The van der Waals surface area contributed by atoms with Crippen LogP contribution in [0.5, 0.6) is 0 Å². The van der Waals surface area contributed by atoms with Crippen LogP contribution in [0.15, 0.2) is 23.5 Å². The number of halogens is 3. The van der Waals surface area contributed by atoms with Gasteiger partial charge in [0.05, 0.1) is 12.3 Å². The summed E-state index contributed by atoms with van der Waals surface area (Å²) < 4.78 is 64.2. The molecule has 1 aromatic carbocycles. The third-order valence-electron chi connectivity index (χ3n) is 5.30. The number of hydrogen-bond donors (Lipinski definition) is 1. The van der Waals surface area contributed by atoms with E-state index in [2.05, 4.69) is 15.5 Å². The quantitative estimate of drug-likeness (QED) is 0.190. The van der Waals surface area contributed by atoms with Gasteiger partial charge in [-0.1, -0.05) is 5.21 Å². The molecule has 3 rings (SSSR count). The molecule has 2 heterocycles. The predicted octanol–water partition coefficient (Wildman–Crippen LogP) is 2.03. The molecule has 1 aromatic heterocycles. The van der Waals surface area contributed by atoms with Crippen molar-refractivity contribution < 1.29 is 46.9 Å². The fourth-order valence-electron chi connectivity index (χ4n) is 3.87. The van der Waals surface area contributed by atoms with E-state index in [9.17, 15) is 22.8 Å². The highest BCUT2D eigenvalue weighted by atomic mass is 19.2. The van der Waals surface area contributed by atoms with Gasteiger partial charge in [0, 0.05) is 39.2 Å². The van der Waals surface area contributed by atoms with Gasteiger partial charge in [-0.05, 0) is 12.1 Å². The van der Waals surface area contributed by atoms with Crippen LogP contribution in [0.4, 0.5) is 13.2 Å². The Labute approximate surface area is 197 Å². The molecule has 0 amide bonds. The largest absolute Gasteiger partial charge is 0.463 e. The molecule has 1 fully saturated rings. The minimum Gasteiger partial charge on any atom is -0.463 e. The van der Waals surface area contributed by atoms with Gasteiger partial charge in [-0.25, -0.2) is 17.9 Å². The molecule has 0 bridgehead atoms. The number of carbonyl (C=O) groups is 2. The van der Waals surface area contributed by atoms with E-state index in [1.165, 1.54) is 38.1 Å². The number of ether oxygens (including phenoxy) is 4. The Morgan fingerprint density at radius 1 is 1.17 bits per heavy atom. The number of carbonyl (C=O) groups excluding carboxylic acids is 2. The van der Waals surface area contributed by atoms with Gasteiger partial charge in [0.15, 0.2) is 23.6 Å². The highest BCUT2D eigenvalue weighted by Gasteiger charge is 2.50. The molecule has 1 N–H and O–H groups in total. The Bertz CT molecular complexity index is 1070. The van der Waals surface area contributed by atoms with Crippen molar-refractivity contribution in [3.05, 3.63) is 35.8 Å². The monoisotopic (exact) mass is 500 g/mol. The zero-order valence-electron chi connectivity index (χ0n) is 18.9. The molecule has 1 aliphatic rings. The molecule has 0 unspecified atom stereocenters. The summed E-state index contributed by atoms with van der Waals surface area (Å²) in [5.41, 5.74) is -0.0890. The van der Waals surface area contributed by atoms with Crippen LogP contribution in [0.3, 0.4) is 0 Å². The second-order valence-corrected chi connectivity index (χ2v) is 7.65. The van der Waals surface area contributed by atoms with Gasteiger partial charge in [-0.2, -0.15) is 0 Å². The van der Waals surface area contributed by atoms with Gasteiger partial charge in [0.2, 0.25) is 0 Å². The summed E-state index contributed by atoms with van der Waals surface area (Å²) in [6.07, 6.45) is -1.18. The molecule has 2 aromatic rings. The van der Waals surface area contributed by atoms with E-state index in [1.54, 1.807) is 0 Å². The minimum atomic E-state index is -1.62. The van der Waals surface area contributed by atoms with Crippen molar-refractivity contribution in [2.75, 3.05) is 13.7 Å². The third-order valence-corrected chi connectivity index (χ3v) is 5.30. The number of nitrogens with zero attached hydrogens (tertiary/aromatic N) is 4. The van der Waals surface area contributed by atoms with Crippen molar-refractivity contribution in [3.63, 3.8) is 0 Å². The van der Waals surface area contributed by atoms with Crippen molar-refractivity contribution in [1.29, 1.82) is 0 Å². The number of oxime groups is 1. The van der Waals surface area contributed by atoms with Gasteiger partial charge in [0.25, 0.3) is 0 Å². The first-order chi connectivity index (χ1) is 16.7. The van der Waals surface area contributed by atoms with Crippen LogP contribution in [0, 0.1) is 17.5 Å². The highest BCUT2D eigenvalue weighted by molar-refractivity contribution is 5.67. The lowest BCUT2D eigenvalue weighted by Crippen LogP contribution is -2.58. The van der Waals surface area contributed by atoms with Crippen molar-refractivity contribution in [3.8, 4) is 11.3 Å². The molecule has 11 nitrogen and oxygen atoms in total. The molecule has 0 aliphatic carbocycles. The molecule has 35 heavy (non-hydrogen) atoms. The number of aromatic nitrogens is 3. The summed E-state index contributed by atoms with van der Waals surface area (Å²) in [5, 5.41) is 19.7. The second kappa shape index (κ2) is 11.3. The fraction of sp³-hybridized carbons (Fsp3) is 0.476. The Hall–Kier alpha value is -3.52. The summed E-state index contributed by atoms with van der Waals surface area (Å²) in [4.78, 5) is 23.3. The van der Waals surface area contributed by atoms with Gasteiger partial charge < -0.3 is 24.2 Å². The Kier molecular flexibility index (Phi) is 8.40. The van der Waals surface area contributed by atoms with Crippen molar-refractivity contribution in [2.45, 2.75) is 50.7 Å². The third kappa shape index (κ3) is 5.95. The maximum atomic E-state index is 13.7. The molecule has 0 saturated carbocycles. The first kappa shape index (κ1) is 26.1. The summed E-state index contributed by atoms with van der Waals surface area (Å²) in [6, 6.07) is 0.600. The van der Waals surface area contributed by atoms with Crippen molar-refractivity contribution in [1.82, 2.24) is 15.0 Å². The molecule has 190 valence electrons. The van der Waals surface area contributed by atoms with Gasteiger partial charge >= 0.3 is 11.9 Å². The maximum absolute atomic E-state index is 13.7. The lowest BCUT2D eigenvalue weighted by Gasteiger charge is -2.44. The molecular weight excluding hydrogens is 477 g/mol. The van der Waals surface area contributed by atoms with Crippen LogP contribution in [0.2, 0.25) is 0 Å². The second-order valence-electron chi connectivity index (χ2n) is 7.65. The summed E-state index contributed by atoms with van der Waals surface area (Å²) in [5.74, 6) is -5.71. The van der Waals surface area contributed by atoms with E-state index in [-0.39, 0.29) is 24.3 Å². The van der Waals surface area contributed by atoms with Gasteiger partial charge in [-0.3, -0.25) is 9.59 Å². The van der Waals surface area contributed by atoms with E-state index in [0.29, 0.717) is 0 Å². The molecule has 1 saturated heterocycles. The average molecular weight is 500 g/mol. The Balaban J connectivity index is 2.05. The van der Waals surface area contributed by atoms with Crippen LogP contribution in [-0.4, -0.2) is 76.5 Å². The molecule has 5 atom stereocenters. The van der Waals surface area contributed by atoms with Crippen LogP contribution < -0.4 is 0 Å². The molecular formula is C21H23F3N4O7. The van der Waals surface area contributed by atoms with Gasteiger partial charge in [0.1, 0.15) is 30.6 Å². The SMILES string of the molecule is CO[C@@H]1[C@@H](n2cc(-c3cc(F)c(F)c(F)c3)nn2)[C@@H](OC(C)=O)[C@@H](COC(C)=O)O[C@@H]1CC=NO. The smallest absolute Gasteiger partial charge is 0.303 e. The van der Waals surface area contributed by atoms with Crippen LogP contribution in [0.25, 0.3) is 11.3 Å². The number of benzene rings is 1. The standard InChI is InChI=1S/C21H23F3N4O7/c1-10(29)33-9-17-21(34-11(2)30)19(20(32-3)16(35-17)4-5-25-31)28-8-15(26-27-28)12-6-13(22)18(24)14(23)7-12/h5-8,16-17,19-21,31H,4,9H2,1-3H3/t16-,17-,19-,20+,21+/m1/s1. The van der Waals surface area contributed by atoms with Gasteiger partial charge in [-0.15, -0.1) is 10.3 Å². The lowest BCUT2D eigenvalue weighted by molar-refractivity contribution is -0.224. The van der Waals surface area contributed by atoms with Crippen LogP contribution in [0.1, 0.15) is 26.3 Å². The average Bonchev–Trinajstić information content (AvgIpc) is 3.29. The number of methoxy groups -OCH3 is 1. The molecule has 1 aliphatic heterocycles. The first-order valence-corrected chi connectivity index (χ1v) is 10.4. The van der Waals surface area contributed by atoms with E-state index < -0.39 is 59.8 Å².